The normalized spacial score (nSPS) is 11.6. The number of rotatable bonds is 7. The number of nitriles is 1. The SMILES string of the molecule is CCOc1cc(/C=C(\C#N)c2ccc(C(F)(F)F)cn2)ccc1OCc1ccccc1. The summed E-state index contributed by atoms with van der Waals surface area (Å²) < 4.78 is 49.7. The summed E-state index contributed by atoms with van der Waals surface area (Å²) in [6, 6.07) is 18.9. The van der Waals surface area contributed by atoms with Crippen LogP contribution >= 0.6 is 0 Å². The zero-order chi connectivity index (χ0) is 22.3. The van der Waals surface area contributed by atoms with Gasteiger partial charge >= 0.3 is 6.18 Å². The molecule has 0 aliphatic carbocycles. The monoisotopic (exact) mass is 424 g/mol. The summed E-state index contributed by atoms with van der Waals surface area (Å²) in [6.45, 7) is 2.63. The lowest BCUT2D eigenvalue weighted by molar-refractivity contribution is -0.137. The molecule has 0 fully saturated rings. The Balaban J connectivity index is 1.84. The Morgan fingerprint density at radius 3 is 2.42 bits per heavy atom. The molecule has 0 unspecified atom stereocenters. The summed E-state index contributed by atoms with van der Waals surface area (Å²) >= 11 is 0. The summed E-state index contributed by atoms with van der Waals surface area (Å²) in [7, 11) is 0. The van der Waals surface area contributed by atoms with Crippen molar-refractivity contribution in [2.75, 3.05) is 6.61 Å². The molecule has 4 nitrogen and oxygen atoms in total. The van der Waals surface area contributed by atoms with Crippen molar-refractivity contribution in [1.29, 1.82) is 5.26 Å². The van der Waals surface area contributed by atoms with E-state index in [1.165, 1.54) is 6.07 Å². The number of ether oxygens (including phenoxy) is 2. The molecule has 31 heavy (non-hydrogen) atoms. The highest BCUT2D eigenvalue weighted by Crippen LogP contribution is 2.32. The fourth-order valence-electron chi connectivity index (χ4n) is 2.79. The van der Waals surface area contributed by atoms with Crippen molar-refractivity contribution >= 4 is 11.6 Å². The van der Waals surface area contributed by atoms with Crippen molar-refractivity contribution in [2.24, 2.45) is 0 Å². The minimum Gasteiger partial charge on any atom is -0.490 e. The van der Waals surface area contributed by atoms with Crippen LogP contribution in [0.15, 0.2) is 66.9 Å². The van der Waals surface area contributed by atoms with E-state index >= 15 is 0 Å². The minimum absolute atomic E-state index is 0.133. The lowest BCUT2D eigenvalue weighted by Crippen LogP contribution is -2.05. The van der Waals surface area contributed by atoms with Gasteiger partial charge in [-0.25, -0.2) is 0 Å². The quantitative estimate of drug-likeness (QED) is 0.428. The number of pyridine rings is 1. The highest BCUT2D eigenvalue weighted by atomic mass is 19.4. The summed E-state index contributed by atoms with van der Waals surface area (Å²) in [6.07, 6.45) is -2.23. The Morgan fingerprint density at radius 2 is 1.81 bits per heavy atom. The zero-order valence-corrected chi connectivity index (χ0v) is 16.7. The molecule has 0 saturated heterocycles. The molecule has 7 heteroatoms. The molecule has 0 atom stereocenters. The summed E-state index contributed by atoms with van der Waals surface area (Å²) in [5.41, 5.74) is 1.06. The molecule has 0 radical (unpaired) electrons. The molecule has 158 valence electrons. The van der Waals surface area contributed by atoms with Crippen LogP contribution in [0.3, 0.4) is 0 Å². The molecule has 1 aromatic heterocycles. The van der Waals surface area contributed by atoms with E-state index in [4.69, 9.17) is 9.47 Å². The third-order valence-corrected chi connectivity index (χ3v) is 4.30. The average Bonchev–Trinajstić information content (AvgIpc) is 2.77. The van der Waals surface area contributed by atoms with Crippen molar-refractivity contribution in [3.05, 3.63) is 89.2 Å². The highest BCUT2D eigenvalue weighted by Gasteiger charge is 2.30. The van der Waals surface area contributed by atoms with Gasteiger partial charge in [0.25, 0.3) is 0 Å². The summed E-state index contributed by atoms with van der Waals surface area (Å²) in [5, 5.41) is 9.47. The van der Waals surface area contributed by atoms with Gasteiger partial charge in [0.05, 0.1) is 23.4 Å². The fraction of sp³-hybridized carbons (Fsp3) is 0.167. The van der Waals surface area contributed by atoms with Crippen molar-refractivity contribution in [2.45, 2.75) is 19.7 Å². The van der Waals surface area contributed by atoms with Gasteiger partial charge in [-0.15, -0.1) is 0 Å². The molecule has 0 amide bonds. The van der Waals surface area contributed by atoms with Crippen LogP contribution < -0.4 is 9.47 Å². The molecule has 1 heterocycles. The molecule has 0 spiro atoms. The highest BCUT2D eigenvalue weighted by molar-refractivity contribution is 5.88. The van der Waals surface area contributed by atoms with Crippen LogP contribution in [0.1, 0.15) is 29.3 Å². The van der Waals surface area contributed by atoms with Gasteiger partial charge in [0.2, 0.25) is 0 Å². The van der Waals surface area contributed by atoms with E-state index < -0.39 is 11.7 Å². The van der Waals surface area contributed by atoms with Crippen LogP contribution in [-0.2, 0) is 12.8 Å². The number of aromatic nitrogens is 1. The van der Waals surface area contributed by atoms with Crippen LogP contribution in [0.2, 0.25) is 0 Å². The van der Waals surface area contributed by atoms with E-state index in [0.717, 1.165) is 11.6 Å². The van der Waals surface area contributed by atoms with E-state index in [1.54, 1.807) is 24.3 Å². The van der Waals surface area contributed by atoms with Crippen molar-refractivity contribution in [1.82, 2.24) is 4.98 Å². The van der Waals surface area contributed by atoms with Gasteiger partial charge in [0.15, 0.2) is 11.5 Å². The Labute approximate surface area is 178 Å². The molecule has 0 saturated carbocycles. The zero-order valence-electron chi connectivity index (χ0n) is 16.7. The number of nitrogens with zero attached hydrogens (tertiary/aromatic N) is 2. The molecule has 0 aliphatic rings. The number of alkyl halides is 3. The number of benzene rings is 2. The van der Waals surface area contributed by atoms with Gasteiger partial charge in [-0.3, -0.25) is 4.98 Å². The van der Waals surface area contributed by atoms with Crippen molar-refractivity contribution in [3.63, 3.8) is 0 Å². The molecule has 3 aromatic rings. The second-order valence-corrected chi connectivity index (χ2v) is 6.51. The molecule has 0 bridgehead atoms. The average molecular weight is 424 g/mol. The van der Waals surface area contributed by atoms with Crippen LogP contribution in [0, 0.1) is 11.3 Å². The number of hydrogen-bond acceptors (Lipinski definition) is 4. The number of allylic oxidation sites excluding steroid dienone is 1. The van der Waals surface area contributed by atoms with E-state index in [-0.39, 0.29) is 11.3 Å². The van der Waals surface area contributed by atoms with Crippen LogP contribution in [-0.4, -0.2) is 11.6 Å². The molecule has 2 aromatic carbocycles. The summed E-state index contributed by atoms with van der Waals surface area (Å²) in [5.74, 6) is 1.05. The van der Waals surface area contributed by atoms with Gasteiger partial charge < -0.3 is 9.47 Å². The Kier molecular flexibility index (Phi) is 6.93. The lowest BCUT2D eigenvalue weighted by Gasteiger charge is -2.13. The smallest absolute Gasteiger partial charge is 0.417 e. The van der Waals surface area contributed by atoms with Crippen LogP contribution in [0.5, 0.6) is 11.5 Å². The second kappa shape index (κ2) is 9.81. The topological polar surface area (TPSA) is 55.1 Å². The first kappa shape index (κ1) is 21.9. The van der Waals surface area contributed by atoms with Gasteiger partial charge in [-0.2, -0.15) is 18.4 Å². The first-order chi connectivity index (χ1) is 14.9. The molecule has 0 N–H and O–H groups in total. The Bertz CT molecular complexity index is 1090. The first-order valence-corrected chi connectivity index (χ1v) is 9.49. The van der Waals surface area contributed by atoms with E-state index in [0.29, 0.717) is 36.5 Å². The lowest BCUT2D eigenvalue weighted by atomic mass is 10.1. The van der Waals surface area contributed by atoms with Crippen LogP contribution in [0.25, 0.3) is 11.6 Å². The minimum atomic E-state index is -4.48. The first-order valence-electron chi connectivity index (χ1n) is 9.49. The fourth-order valence-corrected chi connectivity index (χ4v) is 2.79. The van der Waals surface area contributed by atoms with E-state index in [2.05, 4.69) is 4.98 Å². The third-order valence-electron chi connectivity index (χ3n) is 4.30. The maximum atomic E-state index is 12.7. The third kappa shape index (κ3) is 5.86. The van der Waals surface area contributed by atoms with Gasteiger partial charge in [-0.1, -0.05) is 36.4 Å². The van der Waals surface area contributed by atoms with E-state index in [9.17, 15) is 18.4 Å². The molecule has 3 rings (SSSR count). The molecular weight excluding hydrogens is 405 g/mol. The Hall–Kier alpha value is -3.79. The maximum absolute atomic E-state index is 12.7. The standard InChI is InChI=1S/C24H19F3N2O2/c1-2-30-23-13-18(8-11-22(23)31-16-17-6-4-3-5-7-17)12-19(14-28)21-10-9-20(15-29-21)24(25,26)27/h3-13,15H,2,16H2,1H3/b19-12+. The predicted octanol–water partition coefficient (Wildman–Crippen LogP) is 6.14. The molecular formula is C24H19F3N2O2. The largest absolute Gasteiger partial charge is 0.490 e. The number of halogens is 3. The van der Waals surface area contributed by atoms with Gasteiger partial charge in [-0.05, 0) is 48.4 Å². The van der Waals surface area contributed by atoms with Crippen molar-refractivity contribution < 1.29 is 22.6 Å². The molecule has 0 aliphatic heterocycles. The predicted molar refractivity (Wildman–Crippen MR) is 111 cm³/mol. The summed E-state index contributed by atoms with van der Waals surface area (Å²) in [4.78, 5) is 3.79. The van der Waals surface area contributed by atoms with Crippen LogP contribution in [0.4, 0.5) is 13.2 Å². The second-order valence-electron chi connectivity index (χ2n) is 6.51. The van der Waals surface area contributed by atoms with E-state index in [1.807, 2.05) is 43.3 Å². The maximum Gasteiger partial charge on any atom is 0.417 e. The van der Waals surface area contributed by atoms with Gasteiger partial charge in [0.1, 0.15) is 12.7 Å². The van der Waals surface area contributed by atoms with Crippen molar-refractivity contribution in [3.8, 4) is 17.6 Å². The Morgan fingerprint density at radius 1 is 1.03 bits per heavy atom. The van der Waals surface area contributed by atoms with Gasteiger partial charge in [0, 0.05) is 6.20 Å². The number of hydrogen-bond donors (Lipinski definition) is 0.